The van der Waals surface area contributed by atoms with E-state index in [9.17, 15) is 4.79 Å². The molecule has 0 radical (unpaired) electrons. The fourth-order valence-electron chi connectivity index (χ4n) is 1.73. The SMILES string of the molecule is NC1=CCSc2nc(/N=C\c3ccncc3)cc(=O)n21. The van der Waals surface area contributed by atoms with Crippen molar-refractivity contribution in [2.24, 2.45) is 10.7 Å². The van der Waals surface area contributed by atoms with E-state index in [1.54, 1.807) is 24.7 Å². The maximum absolute atomic E-state index is 12.0. The molecular weight excluding hydrogens is 274 g/mol. The molecule has 1 aliphatic rings. The summed E-state index contributed by atoms with van der Waals surface area (Å²) in [6.07, 6.45) is 6.80. The zero-order valence-corrected chi connectivity index (χ0v) is 11.2. The number of aliphatic imine (C=N–C) groups is 1. The lowest BCUT2D eigenvalue weighted by Gasteiger charge is -2.15. The second-order valence-corrected chi connectivity index (χ2v) is 5.04. The maximum atomic E-state index is 12.0. The lowest BCUT2D eigenvalue weighted by Crippen LogP contribution is -2.26. The van der Waals surface area contributed by atoms with Crippen LogP contribution < -0.4 is 11.3 Å². The van der Waals surface area contributed by atoms with Crippen LogP contribution in [0.2, 0.25) is 0 Å². The van der Waals surface area contributed by atoms with Crippen molar-refractivity contribution >= 4 is 29.6 Å². The van der Waals surface area contributed by atoms with Gasteiger partial charge in [0.2, 0.25) is 0 Å². The third-order valence-electron chi connectivity index (χ3n) is 2.69. The summed E-state index contributed by atoms with van der Waals surface area (Å²) in [5, 5.41) is 0.569. The topological polar surface area (TPSA) is 86.2 Å². The lowest BCUT2D eigenvalue weighted by atomic mass is 10.3. The van der Waals surface area contributed by atoms with Crippen LogP contribution in [0.15, 0.2) is 51.6 Å². The molecule has 0 amide bonds. The molecule has 20 heavy (non-hydrogen) atoms. The van der Waals surface area contributed by atoms with Crippen LogP contribution in [0.4, 0.5) is 5.82 Å². The van der Waals surface area contributed by atoms with E-state index in [4.69, 9.17) is 5.73 Å². The van der Waals surface area contributed by atoms with Crippen LogP contribution in [0.3, 0.4) is 0 Å². The van der Waals surface area contributed by atoms with Gasteiger partial charge in [-0.3, -0.25) is 9.78 Å². The zero-order valence-electron chi connectivity index (χ0n) is 10.4. The first-order valence-electron chi connectivity index (χ1n) is 5.91. The molecule has 2 N–H and O–H groups in total. The van der Waals surface area contributed by atoms with Crippen LogP contribution in [0.5, 0.6) is 0 Å². The van der Waals surface area contributed by atoms with Crippen molar-refractivity contribution in [3.8, 4) is 0 Å². The molecule has 0 atom stereocenters. The number of aromatic nitrogens is 3. The molecular formula is C13H11N5OS. The molecule has 0 unspecified atom stereocenters. The largest absolute Gasteiger partial charge is 0.385 e. The third kappa shape index (κ3) is 2.48. The van der Waals surface area contributed by atoms with Crippen molar-refractivity contribution in [3.63, 3.8) is 0 Å². The first-order chi connectivity index (χ1) is 9.74. The normalized spacial score (nSPS) is 14.1. The minimum atomic E-state index is -0.224. The number of hydrogen-bond donors (Lipinski definition) is 1. The van der Waals surface area contributed by atoms with Crippen LogP contribution in [0.25, 0.3) is 5.82 Å². The van der Waals surface area contributed by atoms with Crippen molar-refractivity contribution in [1.29, 1.82) is 0 Å². The molecule has 0 aromatic carbocycles. The van der Waals surface area contributed by atoms with Gasteiger partial charge in [-0.1, -0.05) is 11.8 Å². The molecule has 6 nitrogen and oxygen atoms in total. The molecule has 3 rings (SSSR count). The van der Waals surface area contributed by atoms with Crippen molar-refractivity contribution in [2.45, 2.75) is 5.16 Å². The van der Waals surface area contributed by atoms with E-state index in [-0.39, 0.29) is 5.56 Å². The van der Waals surface area contributed by atoms with Gasteiger partial charge in [0, 0.05) is 30.4 Å². The summed E-state index contributed by atoms with van der Waals surface area (Å²) in [6, 6.07) is 5.02. The fourth-order valence-corrected chi connectivity index (χ4v) is 2.62. The summed E-state index contributed by atoms with van der Waals surface area (Å²) in [4.78, 5) is 24.5. The van der Waals surface area contributed by atoms with Gasteiger partial charge in [0.15, 0.2) is 11.0 Å². The van der Waals surface area contributed by atoms with Gasteiger partial charge in [-0.25, -0.2) is 14.5 Å². The third-order valence-corrected chi connectivity index (χ3v) is 3.55. The highest BCUT2D eigenvalue weighted by Crippen LogP contribution is 2.23. The highest BCUT2D eigenvalue weighted by atomic mass is 32.2. The minimum absolute atomic E-state index is 0.224. The number of hydrogen-bond acceptors (Lipinski definition) is 6. The summed E-state index contributed by atoms with van der Waals surface area (Å²) in [7, 11) is 0. The molecule has 0 fully saturated rings. The Morgan fingerprint density at radius 3 is 3.00 bits per heavy atom. The standard InChI is InChI=1S/C13H11N5OS/c14-10-3-6-20-13-17-11(7-12(19)18(10)13)16-8-9-1-4-15-5-2-9/h1-5,7-8H,6,14H2/b16-8-. The Balaban J connectivity index is 1.97. The molecule has 2 aromatic rings. The van der Waals surface area contributed by atoms with Gasteiger partial charge in [-0.05, 0) is 23.8 Å². The number of rotatable bonds is 2. The van der Waals surface area contributed by atoms with E-state index in [1.807, 2.05) is 12.1 Å². The Bertz CT molecular complexity index is 751. The molecule has 3 heterocycles. The Labute approximate surface area is 119 Å². The summed E-state index contributed by atoms with van der Waals surface area (Å²) < 4.78 is 1.39. The second kappa shape index (κ2) is 5.30. The molecule has 0 aliphatic carbocycles. The van der Waals surface area contributed by atoms with E-state index < -0.39 is 0 Å². The highest BCUT2D eigenvalue weighted by molar-refractivity contribution is 7.99. The van der Waals surface area contributed by atoms with Gasteiger partial charge in [-0.15, -0.1) is 0 Å². The van der Waals surface area contributed by atoms with Crippen molar-refractivity contribution in [1.82, 2.24) is 14.5 Å². The summed E-state index contributed by atoms with van der Waals surface area (Å²) in [5.41, 5.74) is 6.46. The molecule has 2 aromatic heterocycles. The number of pyridine rings is 1. The second-order valence-electron chi connectivity index (χ2n) is 4.05. The average molecular weight is 285 g/mol. The summed E-state index contributed by atoms with van der Waals surface area (Å²) >= 11 is 1.45. The lowest BCUT2D eigenvalue weighted by molar-refractivity contribution is 0.797. The predicted octanol–water partition coefficient (Wildman–Crippen LogP) is 1.25. The van der Waals surface area contributed by atoms with Crippen molar-refractivity contribution in [2.75, 3.05) is 5.75 Å². The van der Waals surface area contributed by atoms with Crippen molar-refractivity contribution in [3.05, 3.63) is 52.6 Å². The highest BCUT2D eigenvalue weighted by Gasteiger charge is 2.14. The number of nitrogens with zero attached hydrogens (tertiary/aromatic N) is 4. The molecule has 1 aliphatic heterocycles. The summed E-state index contributed by atoms with van der Waals surface area (Å²) in [6.45, 7) is 0. The number of fused-ring (bicyclic) bond motifs is 1. The van der Waals surface area contributed by atoms with Crippen molar-refractivity contribution < 1.29 is 0 Å². The maximum Gasteiger partial charge on any atom is 0.262 e. The van der Waals surface area contributed by atoms with Gasteiger partial charge >= 0.3 is 0 Å². The number of thioether (sulfide) groups is 1. The number of nitrogens with two attached hydrogens (primary N) is 1. The van der Waals surface area contributed by atoms with Gasteiger partial charge in [0.1, 0.15) is 5.82 Å². The first kappa shape index (κ1) is 12.6. The van der Waals surface area contributed by atoms with Crippen LogP contribution >= 0.6 is 11.8 Å². The zero-order chi connectivity index (χ0) is 13.9. The van der Waals surface area contributed by atoms with E-state index in [1.165, 1.54) is 22.4 Å². The van der Waals surface area contributed by atoms with Crippen LogP contribution in [0, 0.1) is 0 Å². The van der Waals surface area contributed by atoms with E-state index in [2.05, 4.69) is 15.0 Å². The Morgan fingerprint density at radius 2 is 2.20 bits per heavy atom. The van der Waals surface area contributed by atoms with E-state index in [0.29, 0.717) is 22.5 Å². The van der Waals surface area contributed by atoms with Gasteiger partial charge in [-0.2, -0.15) is 0 Å². The van der Waals surface area contributed by atoms with E-state index >= 15 is 0 Å². The average Bonchev–Trinajstić information content (AvgIpc) is 2.46. The Kier molecular flexibility index (Phi) is 3.34. The quantitative estimate of drug-likeness (QED) is 0.663. The first-order valence-corrected chi connectivity index (χ1v) is 6.89. The predicted molar refractivity (Wildman–Crippen MR) is 79.2 cm³/mol. The monoisotopic (exact) mass is 285 g/mol. The van der Waals surface area contributed by atoms with Gasteiger partial charge in [0.05, 0.1) is 0 Å². The molecule has 100 valence electrons. The molecule has 7 heteroatoms. The Hall–Kier alpha value is -2.41. The minimum Gasteiger partial charge on any atom is -0.385 e. The van der Waals surface area contributed by atoms with E-state index in [0.717, 1.165) is 5.56 Å². The smallest absolute Gasteiger partial charge is 0.262 e. The Morgan fingerprint density at radius 1 is 1.40 bits per heavy atom. The van der Waals surface area contributed by atoms with Gasteiger partial charge in [0.25, 0.3) is 5.56 Å². The molecule has 0 saturated carbocycles. The van der Waals surface area contributed by atoms with Crippen LogP contribution in [-0.4, -0.2) is 26.5 Å². The van der Waals surface area contributed by atoms with Crippen LogP contribution in [-0.2, 0) is 0 Å². The fraction of sp³-hybridized carbons (Fsp3) is 0.0769. The van der Waals surface area contributed by atoms with Crippen LogP contribution in [0.1, 0.15) is 5.56 Å². The molecule has 0 saturated heterocycles. The molecule has 0 spiro atoms. The summed E-state index contributed by atoms with van der Waals surface area (Å²) in [5.74, 6) is 1.50. The molecule has 0 bridgehead atoms. The van der Waals surface area contributed by atoms with Gasteiger partial charge < -0.3 is 5.73 Å².